The van der Waals surface area contributed by atoms with Crippen LogP contribution in [0.15, 0.2) is 54.6 Å². The van der Waals surface area contributed by atoms with Gasteiger partial charge in [0.05, 0.1) is 11.5 Å². The number of nitrogens with one attached hydrogen (secondary N) is 2. The van der Waals surface area contributed by atoms with Crippen LogP contribution in [0.2, 0.25) is 0 Å². The molecule has 0 aliphatic heterocycles. The Kier molecular flexibility index (Phi) is 3.57. The maximum absolute atomic E-state index is 11.3. The summed E-state index contributed by atoms with van der Waals surface area (Å²) in [6.07, 6.45) is 0. The van der Waals surface area contributed by atoms with E-state index < -0.39 is 4.92 Å². The van der Waals surface area contributed by atoms with Gasteiger partial charge in [-0.05, 0) is 30.5 Å². The largest absolute Gasteiger partial charge is 0.379 e. The zero-order chi connectivity index (χ0) is 17.4. The number of aryl methyl sites for hydroxylation is 1. The first-order chi connectivity index (χ1) is 12.1. The topological polar surface area (TPSA) is 83.8 Å². The summed E-state index contributed by atoms with van der Waals surface area (Å²) >= 11 is 0. The molecule has 0 amide bonds. The third-order valence-electron chi connectivity index (χ3n) is 4.20. The van der Waals surface area contributed by atoms with E-state index in [2.05, 4.69) is 27.4 Å². The summed E-state index contributed by atoms with van der Waals surface area (Å²) < 4.78 is 0. The molecule has 2 heterocycles. The number of nitrogens with zero attached hydrogens (tertiary/aromatic N) is 2. The molecule has 0 saturated heterocycles. The Balaban J connectivity index is 1.71. The number of benzene rings is 2. The maximum atomic E-state index is 11.3. The van der Waals surface area contributed by atoms with Crippen molar-refractivity contribution >= 4 is 33.2 Å². The predicted molar refractivity (Wildman–Crippen MR) is 98.8 cm³/mol. The number of pyridine rings is 1. The third kappa shape index (κ3) is 2.78. The van der Waals surface area contributed by atoms with Crippen LogP contribution in [0.25, 0.3) is 21.8 Å². The van der Waals surface area contributed by atoms with Crippen LogP contribution in [0.3, 0.4) is 0 Å². The number of hydrogen-bond donors (Lipinski definition) is 2. The van der Waals surface area contributed by atoms with Gasteiger partial charge in [0.15, 0.2) is 5.52 Å². The molecule has 25 heavy (non-hydrogen) atoms. The molecule has 0 aliphatic rings. The molecule has 0 atom stereocenters. The molecular weight excluding hydrogens is 316 g/mol. The monoisotopic (exact) mass is 332 g/mol. The first kappa shape index (κ1) is 15.1. The number of para-hydroxylation sites is 2. The molecule has 6 heteroatoms. The van der Waals surface area contributed by atoms with Crippen LogP contribution in [-0.2, 0) is 6.54 Å². The van der Waals surface area contributed by atoms with Gasteiger partial charge >= 0.3 is 0 Å². The lowest BCUT2D eigenvalue weighted by Crippen LogP contribution is -2.02. The molecular formula is C19H16N4O2. The van der Waals surface area contributed by atoms with Gasteiger partial charge in [-0.3, -0.25) is 10.1 Å². The lowest BCUT2D eigenvalue weighted by molar-refractivity contribution is -0.383. The van der Waals surface area contributed by atoms with Crippen LogP contribution < -0.4 is 5.32 Å². The maximum Gasteiger partial charge on any atom is 0.295 e. The van der Waals surface area contributed by atoms with Gasteiger partial charge in [-0.15, -0.1) is 0 Å². The number of non-ortho nitro benzene ring substituents is 1. The van der Waals surface area contributed by atoms with E-state index in [1.807, 2.05) is 37.3 Å². The SMILES string of the molecule is Cc1cc(NCc2cc3ccccc3[nH]2)c2cccc([N+](=O)[O-])c2n1. The van der Waals surface area contributed by atoms with Gasteiger partial charge in [0, 0.05) is 34.0 Å². The summed E-state index contributed by atoms with van der Waals surface area (Å²) in [6, 6.07) is 17.1. The Morgan fingerprint density at radius 2 is 2.00 bits per heavy atom. The average molecular weight is 332 g/mol. The molecule has 124 valence electrons. The van der Waals surface area contributed by atoms with Gasteiger partial charge in [-0.25, -0.2) is 4.98 Å². The highest BCUT2D eigenvalue weighted by Gasteiger charge is 2.15. The second-order valence-electron chi connectivity index (χ2n) is 5.98. The molecule has 4 aromatic rings. The van der Waals surface area contributed by atoms with Gasteiger partial charge < -0.3 is 10.3 Å². The summed E-state index contributed by atoms with van der Waals surface area (Å²) in [5, 5.41) is 16.5. The fraction of sp³-hybridized carbons (Fsp3) is 0.105. The average Bonchev–Trinajstić information content (AvgIpc) is 3.01. The van der Waals surface area contributed by atoms with Crippen molar-refractivity contribution in [2.24, 2.45) is 0 Å². The van der Waals surface area contributed by atoms with E-state index >= 15 is 0 Å². The van der Waals surface area contributed by atoms with Crippen LogP contribution in [0.1, 0.15) is 11.4 Å². The highest BCUT2D eigenvalue weighted by molar-refractivity contribution is 5.96. The Labute approximate surface area is 143 Å². The first-order valence-corrected chi connectivity index (χ1v) is 7.97. The number of H-pyrrole nitrogens is 1. The molecule has 0 fully saturated rings. The van der Waals surface area contributed by atoms with E-state index in [4.69, 9.17) is 0 Å². The number of rotatable bonds is 4. The van der Waals surface area contributed by atoms with Gasteiger partial charge in [0.25, 0.3) is 5.69 Å². The molecule has 2 aromatic carbocycles. The molecule has 0 aliphatic carbocycles. The van der Waals surface area contributed by atoms with Crippen molar-refractivity contribution in [3.05, 3.63) is 76.1 Å². The summed E-state index contributed by atoms with van der Waals surface area (Å²) in [7, 11) is 0. The fourth-order valence-electron chi connectivity index (χ4n) is 3.07. The van der Waals surface area contributed by atoms with E-state index in [0.717, 1.165) is 33.4 Å². The van der Waals surface area contributed by atoms with Gasteiger partial charge in [0.2, 0.25) is 0 Å². The van der Waals surface area contributed by atoms with E-state index in [1.54, 1.807) is 6.07 Å². The number of hydrogen-bond acceptors (Lipinski definition) is 4. The Hall–Kier alpha value is -3.41. The standard InChI is InChI=1S/C19H16N4O2/c1-12-9-17(15-6-4-8-18(23(24)25)19(15)21-12)20-11-14-10-13-5-2-3-7-16(13)22-14/h2-10,22H,11H2,1H3,(H,20,21). The Morgan fingerprint density at radius 1 is 1.16 bits per heavy atom. The number of nitro benzene ring substituents is 1. The van der Waals surface area contributed by atoms with Crippen LogP contribution in [-0.4, -0.2) is 14.9 Å². The molecule has 0 radical (unpaired) electrons. The Morgan fingerprint density at radius 3 is 2.80 bits per heavy atom. The first-order valence-electron chi connectivity index (χ1n) is 7.97. The summed E-state index contributed by atoms with van der Waals surface area (Å²) in [5.74, 6) is 0. The van der Waals surface area contributed by atoms with Crippen LogP contribution in [0.5, 0.6) is 0 Å². The molecule has 4 rings (SSSR count). The number of aromatic amines is 1. The number of anilines is 1. The van der Waals surface area contributed by atoms with Gasteiger partial charge in [0.1, 0.15) is 0 Å². The molecule has 0 saturated carbocycles. The molecule has 2 aromatic heterocycles. The second kappa shape index (κ2) is 5.90. The van der Waals surface area contributed by atoms with Crippen molar-refractivity contribution in [2.45, 2.75) is 13.5 Å². The fourth-order valence-corrected chi connectivity index (χ4v) is 3.07. The smallest absolute Gasteiger partial charge is 0.295 e. The molecule has 0 spiro atoms. The molecule has 0 unspecified atom stereocenters. The van der Waals surface area contributed by atoms with Crippen LogP contribution >= 0.6 is 0 Å². The number of fused-ring (bicyclic) bond motifs is 2. The molecule has 6 nitrogen and oxygen atoms in total. The van der Waals surface area contributed by atoms with Crippen molar-refractivity contribution in [1.82, 2.24) is 9.97 Å². The second-order valence-corrected chi connectivity index (χ2v) is 5.98. The summed E-state index contributed by atoms with van der Waals surface area (Å²) in [6.45, 7) is 2.43. The van der Waals surface area contributed by atoms with Crippen molar-refractivity contribution in [2.75, 3.05) is 5.32 Å². The lowest BCUT2D eigenvalue weighted by Gasteiger charge is -2.10. The van der Waals surface area contributed by atoms with Crippen molar-refractivity contribution in [3.63, 3.8) is 0 Å². The van der Waals surface area contributed by atoms with Crippen molar-refractivity contribution in [3.8, 4) is 0 Å². The third-order valence-corrected chi connectivity index (χ3v) is 4.20. The minimum absolute atomic E-state index is 0.0230. The van der Waals surface area contributed by atoms with Crippen LogP contribution in [0, 0.1) is 17.0 Å². The van der Waals surface area contributed by atoms with Crippen molar-refractivity contribution in [1.29, 1.82) is 0 Å². The number of aromatic nitrogens is 2. The zero-order valence-electron chi connectivity index (χ0n) is 13.6. The summed E-state index contributed by atoms with van der Waals surface area (Å²) in [4.78, 5) is 18.6. The predicted octanol–water partition coefficient (Wildman–Crippen LogP) is 4.54. The number of nitro groups is 1. The minimum Gasteiger partial charge on any atom is -0.379 e. The molecule has 2 N–H and O–H groups in total. The highest BCUT2D eigenvalue weighted by Crippen LogP contribution is 2.30. The minimum atomic E-state index is -0.393. The molecule has 0 bridgehead atoms. The van der Waals surface area contributed by atoms with E-state index in [9.17, 15) is 10.1 Å². The normalized spacial score (nSPS) is 11.1. The van der Waals surface area contributed by atoms with E-state index in [0.29, 0.717) is 12.1 Å². The van der Waals surface area contributed by atoms with Gasteiger partial charge in [-0.1, -0.05) is 30.3 Å². The van der Waals surface area contributed by atoms with Crippen molar-refractivity contribution < 1.29 is 4.92 Å². The van der Waals surface area contributed by atoms with E-state index in [1.165, 1.54) is 6.07 Å². The van der Waals surface area contributed by atoms with Crippen LogP contribution in [0.4, 0.5) is 11.4 Å². The van der Waals surface area contributed by atoms with E-state index in [-0.39, 0.29) is 5.69 Å². The summed E-state index contributed by atoms with van der Waals surface area (Å²) in [5.41, 5.74) is 4.15. The van der Waals surface area contributed by atoms with Gasteiger partial charge in [-0.2, -0.15) is 0 Å². The quantitative estimate of drug-likeness (QED) is 0.424. The highest BCUT2D eigenvalue weighted by atomic mass is 16.6. The Bertz CT molecular complexity index is 1070. The zero-order valence-corrected chi connectivity index (χ0v) is 13.6. The lowest BCUT2D eigenvalue weighted by atomic mass is 10.1.